The second-order valence-corrected chi connectivity index (χ2v) is 7.43. The normalized spacial score (nSPS) is 12.2. The van der Waals surface area contributed by atoms with Gasteiger partial charge in [0.05, 0.1) is 0 Å². The molecule has 1 atom stereocenters. The van der Waals surface area contributed by atoms with Crippen molar-refractivity contribution in [3.63, 3.8) is 0 Å². The number of benzene rings is 3. The summed E-state index contributed by atoms with van der Waals surface area (Å²) in [7, 11) is 3.85. The minimum Gasteiger partial charge on any atom is -0.462 e. The lowest BCUT2D eigenvalue weighted by molar-refractivity contribution is -0.173. The van der Waals surface area contributed by atoms with Crippen molar-refractivity contribution in [2.24, 2.45) is 0 Å². The van der Waals surface area contributed by atoms with Crippen LogP contribution in [0.5, 0.6) is 0 Å². The molecule has 0 N–H and O–H groups in total. The van der Waals surface area contributed by atoms with Crippen LogP contribution in [0, 0.1) is 12.3 Å². The highest BCUT2D eigenvalue weighted by molar-refractivity contribution is 5.86. The summed E-state index contributed by atoms with van der Waals surface area (Å²) in [6.07, 6.45) is 5.13. The molecule has 4 nitrogen and oxygen atoms in total. The Balaban J connectivity index is 2.12. The number of ether oxygens (including phenoxy) is 2. The number of carbonyl (C=O) groups excluding carboxylic acids is 1. The highest BCUT2D eigenvalue weighted by atomic mass is 16.6. The summed E-state index contributed by atoms with van der Waals surface area (Å²) in [4.78, 5) is 15.6. The molecule has 0 heterocycles. The highest BCUT2D eigenvalue weighted by Crippen LogP contribution is 2.39. The lowest BCUT2D eigenvalue weighted by Gasteiger charge is -2.35. The fourth-order valence-electron chi connectivity index (χ4n) is 3.36. The minimum absolute atomic E-state index is 0.239. The maximum Gasteiger partial charge on any atom is 0.348 e. The molecule has 158 valence electrons. The van der Waals surface area contributed by atoms with E-state index in [1.54, 1.807) is 0 Å². The molecule has 0 saturated heterocycles. The second-order valence-electron chi connectivity index (χ2n) is 7.43. The van der Waals surface area contributed by atoms with E-state index in [0.717, 1.165) is 5.56 Å². The number of carbonyl (C=O) groups is 1. The van der Waals surface area contributed by atoms with E-state index in [4.69, 9.17) is 15.9 Å². The van der Waals surface area contributed by atoms with E-state index in [1.165, 1.54) is 0 Å². The van der Waals surface area contributed by atoms with Crippen LogP contribution >= 0.6 is 0 Å². The molecule has 0 saturated carbocycles. The quantitative estimate of drug-likeness (QED) is 0.384. The molecular weight excluding hydrogens is 386 g/mol. The summed E-state index contributed by atoms with van der Waals surface area (Å²) in [6, 6.07) is 28.2. The van der Waals surface area contributed by atoms with Gasteiger partial charge in [-0.3, -0.25) is 0 Å². The first-order valence-electron chi connectivity index (χ1n) is 10.2. The molecular formula is C27H27NO3. The van der Waals surface area contributed by atoms with E-state index < -0.39 is 17.7 Å². The lowest BCUT2D eigenvalue weighted by atomic mass is 9.85. The van der Waals surface area contributed by atoms with Crippen molar-refractivity contribution in [2.45, 2.75) is 11.7 Å². The summed E-state index contributed by atoms with van der Waals surface area (Å²) in [6.45, 7) is 0.839. The molecule has 0 amide bonds. The molecule has 0 fully saturated rings. The molecule has 31 heavy (non-hydrogen) atoms. The monoisotopic (exact) mass is 413 g/mol. The number of hydrogen-bond acceptors (Lipinski definition) is 4. The van der Waals surface area contributed by atoms with E-state index in [2.05, 4.69) is 5.92 Å². The topological polar surface area (TPSA) is 38.8 Å². The molecule has 3 rings (SSSR count). The first-order valence-corrected chi connectivity index (χ1v) is 10.2. The van der Waals surface area contributed by atoms with Crippen molar-refractivity contribution in [1.29, 1.82) is 0 Å². The van der Waals surface area contributed by atoms with Gasteiger partial charge in [0.1, 0.15) is 12.7 Å². The van der Waals surface area contributed by atoms with Crippen molar-refractivity contribution in [3.05, 3.63) is 108 Å². The molecule has 0 aromatic heterocycles. The molecule has 0 bridgehead atoms. The highest BCUT2D eigenvalue weighted by Gasteiger charge is 2.47. The van der Waals surface area contributed by atoms with Crippen molar-refractivity contribution in [1.82, 2.24) is 4.90 Å². The van der Waals surface area contributed by atoms with Gasteiger partial charge in [-0.15, -0.1) is 6.42 Å². The third-order valence-electron chi connectivity index (χ3n) is 4.97. The largest absolute Gasteiger partial charge is 0.462 e. The van der Waals surface area contributed by atoms with Gasteiger partial charge < -0.3 is 14.4 Å². The van der Waals surface area contributed by atoms with Gasteiger partial charge in [-0.25, -0.2) is 4.79 Å². The molecule has 3 aromatic rings. The second kappa shape index (κ2) is 10.6. The lowest BCUT2D eigenvalue weighted by Crippen LogP contribution is -2.43. The first-order chi connectivity index (χ1) is 15.1. The van der Waals surface area contributed by atoms with Crippen LogP contribution in [0.3, 0.4) is 0 Å². The Morgan fingerprint density at radius 1 is 0.903 bits per heavy atom. The Morgan fingerprint density at radius 2 is 1.39 bits per heavy atom. The average molecular weight is 414 g/mol. The van der Waals surface area contributed by atoms with E-state index in [9.17, 15) is 4.79 Å². The van der Waals surface area contributed by atoms with Crippen LogP contribution < -0.4 is 0 Å². The molecule has 0 spiro atoms. The zero-order valence-electron chi connectivity index (χ0n) is 17.9. The van der Waals surface area contributed by atoms with Crippen molar-refractivity contribution < 1.29 is 14.3 Å². The molecule has 3 aromatic carbocycles. The van der Waals surface area contributed by atoms with Crippen LogP contribution in [0.2, 0.25) is 0 Å². The average Bonchev–Trinajstić information content (AvgIpc) is 2.81. The number of esters is 1. The zero-order valence-corrected chi connectivity index (χ0v) is 17.9. The third kappa shape index (κ3) is 5.21. The van der Waals surface area contributed by atoms with Crippen molar-refractivity contribution in [2.75, 3.05) is 27.2 Å². The number of nitrogens with zero attached hydrogens (tertiary/aromatic N) is 1. The van der Waals surface area contributed by atoms with Gasteiger partial charge in [-0.05, 0) is 30.8 Å². The fraction of sp³-hybridized carbons (Fsp3) is 0.222. The van der Waals surface area contributed by atoms with Gasteiger partial charge in [0, 0.05) is 6.54 Å². The van der Waals surface area contributed by atoms with Gasteiger partial charge in [0.15, 0.2) is 0 Å². The van der Waals surface area contributed by atoms with E-state index >= 15 is 0 Å². The number of likely N-dealkylation sites (N-methyl/N-ethyl adjacent to an activating group) is 1. The van der Waals surface area contributed by atoms with Gasteiger partial charge in [-0.1, -0.05) is 96.9 Å². The van der Waals surface area contributed by atoms with Gasteiger partial charge >= 0.3 is 5.97 Å². The predicted molar refractivity (Wildman–Crippen MR) is 122 cm³/mol. The predicted octanol–water partition coefficient (Wildman–Crippen LogP) is 4.43. The van der Waals surface area contributed by atoms with Crippen LogP contribution in [0.1, 0.15) is 22.8 Å². The fourth-order valence-corrected chi connectivity index (χ4v) is 3.36. The van der Waals surface area contributed by atoms with Crippen molar-refractivity contribution >= 4 is 5.97 Å². The van der Waals surface area contributed by atoms with Gasteiger partial charge in [0.25, 0.3) is 0 Å². The Kier molecular flexibility index (Phi) is 7.61. The maximum absolute atomic E-state index is 13.7. The van der Waals surface area contributed by atoms with Gasteiger partial charge in [-0.2, -0.15) is 0 Å². The van der Waals surface area contributed by atoms with E-state index in [-0.39, 0.29) is 6.61 Å². The SMILES string of the molecule is C#CC(OC(C(=O)OCCN(C)C)(c1ccccc1)c1ccccc1)c1ccccc1. The van der Waals surface area contributed by atoms with Crippen LogP contribution in [0.4, 0.5) is 0 Å². The van der Waals surface area contributed by atoms with E-state index in [1.807, 2.05) is 110 Å². The van der Waals surface area contributed by atoms with Crippen molar-refractivity contribution in [3.8, 4) is 12.3 Å². The standard InChI is InChI=1S/C27H27NO3/c1-4-25(22-14-8-5-9-15-22)31-27(23-16-10-6-11-17-23,24-18-12-7-13-19-24)26(29)30-21-20-28(2)3/h1,5-19,25H,20-21H2,2-3H3. The molecule has 0 aliphatic carbocycles. The van der Waals surface area contributed by atoms with Crippen LogP contribution in [0.15, 0.2) is 91.0 Å². The summed E-state index contributed by atoms with van der Waals surface area (Å²) in [5.74, 6) is 2.21. The Hall–Kier alpha value is -3.39. The third-order valence-corrected chi connectivity index (χ3v) is 4.97. The number of rotatable bonds is 9. The van der Waals surface area contributed by atoms with E-state index in [0.29, 0.717) is 17.7 Å². The molecule has 0 aliphatic rings. The zero-order chi connectivity index (χ0) is 22.1. The molecule has 0 aliphatic heterocycles. The maximum atomic E-state index is 13.7. The minimum atomic E-state index is -1.51. The van der Waals surface area contributed by atoms with Crippen LogP contribution in [0.25, 0.3) is 0 Å². The summed E-state index contributed by atoms with van der Waals surface area (Å²) < 4.78 is 12.3. The molecule has 0 radical (unpaired) electrons. The summed E-state index contributed by atoms with van der Waals surface area (Å²) in [5, 5.41) is 0. The van der Waals surface area contributed by atoms with Crippen LogP contribution in [-0.2, 0) is 19.9 Å². The van der Waals surface area contributed by atoms with Gasteiger partial charge in [0.2, 0.25) is 5.60 Å². The van der Waals surface area contributed by atoms with Crippen LogP contribution in [-0.4, -0.2) is 38.1 Å². The Morgan fingerprint density at radius 3 is 1.84 bits per heavy atom. The molecule has 4 heteroatoms. The molecule has 1 unspecified atom stereocenters. The Bertz CT molecular complexity index is 955. The first kappa shape index (κ1) is 22.3. The summed E-state index contributed by atoms with van der Waals surface area (Å²) >= 11 is 0. The summed E-state index contributed by atoms with van der Waals surface area (Å²) in [5.41, 5.74) is 0.601. The Labute approximate surface area is 184 Å². The smallest absolute Gasteiger partial charge is 0.348 e. The number of hydrogen-bond donors (Lipinski definition) is 0. The number of terminal acetylenes is 1.